The van der Waals surface area contributed by atoms with Gasteiger partial charge in [0.15, 0.2) is 0 Å². The lowest BCUT2D eigenvalue weighted by molar-refractivity contribution is 0.254. The number of carbonyl (C=O) groups excluding carboxylic acids is 1. The van der Waals surface area contributed by atoms with E-state index in [0.29, 0.717) is 19.0 Å². The number of rotatable bonds is 10. The van der Waals surface area contributed by atoms with Gasteiger partial charge in [-0.1, -0.05) is 30.3 Å². The fraction of sp³-hybridized carbons (Fsp3) is 0.231. The van der Waals surface area contributed by atoms with Crippen molar-refractivity contribution in [1.82, 2.24) is 19.9 Å². The fourth-order valence-electron chi connectivity index (χ4n) is 3.39. The number of amides is 2. The van der Waals surface area contributed by atoms with Gasteiger partial charge in [-0.05, 0) is 50.3 Å². The molecule has 4 aromatic rings. The van der Waals surface area contributed by atoms with Gasteiger partial charge in [0.1, 0.15) is 18.8 Å². The van der Waals surface area contributed by atoms with Gasteiger partial charge in [-0.25, -0.2) is 19.7 Å². The highest BCUT2D eigenvalue weighted by Crippen LogP contribution is 2.22. The average molecular weight is 472 g/mol. The number of anilines is 3. The number of likely N-dealkylation sites (N-methyl/N-ethyl adjacent to an activating group) is 1. The highest BCUT2D eigenvalue weighted by Gasteiger charge is 2.07. The third-order valence-corrected chi connectivity index (χ3v) is 5.23. The average Bonchev–Trinajstić information content (AvgIpc) is 2.85. The van der Waals surface area contributed by atoms with Gasteiger partial charge in [0, 0.05) is 35.9 Å². The van der Waals surface area contributed by atoms with E-state index in [1.807, 2.05) is 74.8 Å². The van der Waals surface area contributed by atoms with E-state index in [0.717, 1.165) is 46.6 Å². The molecule has 0 spiro atoms. The van der Waals surface area contributed by atoms with E-state index >= 15 is 0 Å². The molecule has 0 fully saturated rings. The van der Waals surface area contributed by atoms with Crippen LogP contribution < -0.4 is 20.7 Å². The van der Waals surface area contributed by atoms with Crippen LogP contribution in [0, 0.1) is 0 Å². The monoisotopic (exact) mass is 471 g/mol. The topological polar surface area (TPSA) is 104 Å². The number of fused-ring (bicyclic) bond motifs is 1. The Balaban J connectivity index is 1.30. The van der Waals surface area contributed by atoms with Crippen LogP contribution in [0.5, 0.6) is 5.88 Å². The minimum atomic E-state index is -0.277. The first kappa shape index (κ1) is 23.9. The Bertz CT molecular complexity index is 1250. The summed E-state index contributed by atoms with van der Waals surface area (Å²) in [5.74, 6) is 1.29. The summed E-state index contributed by atoms with van der Waals surface area (Å²) in [6.45, 7) is 2.05. The Morgan fingerprint density at radius 3 is 2.43 bits per heavy atom. The Morgan fingerprint density at radius 1 is 0.943 bits per heavy atom. The molecule has 35 heavy (non-hydrogen) atoms. The molecule has 0 atom stereocenters. The van der Waals surface area contributed by atoms with E-state index in [4.69, 9.17) is 4.74 Å². The molecule has 0 saturated heterocycles. The summed E-state index contributed by atoms with van der Waals surface area (Å²) in [4.78, 5) is 27.2. The number of nitrogens with one attached hydrogen (secondary N) is 3. The molecule has 0 radical (unpaired) electrons. The maximum absolute atomic E-state index is 12.2. The normalized spacial score (nSPS) is 10.8. The maximum atomic E-state index is 12.2. The first-order valence-corrected chi connectivity index (χ1v) is 11.4. The Hall–Kier alpha value is -4.24. The second kappa shape index (κ2) is 11.8. The third kappa shape index (κ3) is 7.12. The molecule has 9 heteroatoms. The van der Waals surface area contributed by atoms with Gasteiger partial charge in [-0.3, -0.25) is 0 Å². The number of hydrogen-bond acceptors (Lipinski definition) is 7. The lowest BCUT2D eigenvalue weighted by Gasteiger charge is -2.12. The molecule has 0 aliphatic rings. The van der Waals surface area contributed by atoms with Gasteiger partial charge < -0.3 is 25.6 Å². The minimum Gasteiger partial charge on any atom is -0.476 e. The van der Waals surface area contributed by atoms with Gasteiger partial charge in [-0.15, -0.1) is 0 Å². The van der Waals surface area contributed by atoms with E-state index in [2.05, 4.69) is 35.8 Å². The molecule has 2 amide bonds. The number of nitrogens with zero attached hydrogens (tertiary/aromatic N) is 4. The molecule has 2 aromatic carbocycles. The van der Waals surface area contributed by atoms with Crippen molar-refractivity contribution in [1.29, 1.82) is 0 Å². The Morgan fingerprint density at radius 2 is 1.69 bits per heavy atom. The SMILES string of the molecule is CN(C)CCOc1cc2c(NCCc3ccc(NC(=O)Nc4ccccc4)cc3)ncnc2cn1. The zero-order valence-electron chi connectivity index (χ0n) is 19.9. The zero-order valence-corrected chi connectivity index (χ0v) is 19.9. The lowest BCUT2D eigenvalue weighted by Crippen LogP contribution is -2.19. The zero-order chi connectivity index (χ0) is 24.5. The molecule has 0 unspecified atom stereocenters. The predicted octanol–water partition coefficient (Wildman–Crippen LogP) is 4.26. The van der Waals surface area contributed by atoms with Gasteiger partial charge in [0.2, 0.25) is 5.88 Å². The summed E-state index contributed by atoms with van der Waals surface area (Å²) in [6, 6.07) is 18.7. The van der Waals surface area contributed by atoms with Crippen LogP contribution in [-0.4, -0.2) is 59.7 Å². The Kier molecular flexibility index (Phi) is 8.03. The first-order chi connectivity index (χ1) is 17.1. The van der Waals surface area contributed by atoms with Crippen LogP contribution in [0.2, 0.25) is 0 Å². The van der Waals surface area contributed by atoms with Crippen molar-refractivity contribution < 1.29 is 9.53 Å². The van der Waals surface area contributed by atoms with Crippen LogP contribution in [0.1, 0.15) is 5.56 Å². The first-order valence-electron chi connectivity index (χ1n) is 11.4. The molecule has 0 aliphatic heterocycles. The number of carbonyl (C=O) groups is 1. The quantitative estimate of drug-likeness (QED) is 0.317. The highest BCUT2D eigenvalue weighted by atomic mass is 16.5. The van der Waals surface area contributed by atoms with Crippen molar-refractivity contribution in [2.24, 2.45) is 0 Å². The van der Waals surface area contributed by atoms with E-state index in [9.17, 15) is 4.79 Å². The van der Waals surface area contributed by atoms with Crippen LogP contribution in [0.4, 0.5) is 22.0 Å². The van der Waals surface area contributed by atoms with E-state index in [1.165, 1.54) is 6.33 Å². The number of benzene rings is 2. The van der Waals surface area contributed by atoms with Gasteiger partial charge in [0.05, 0.1) is 11.7 Å². The predicted molar refractivity (Wildman–Crippen MR) is 139 cm³/mol. The van der Waals surface area contributed by atoms with Crippen LogP contribution in [0.15, 0.2) is 73.2 Å². The standard InChI is InChI=1S/C26H29N7O2/c1-33(2)14-15-35-24-16-22-23(17-28-24)29-18-30-25(22)27-13-12-19-8-10-21(11-9-19)32-26(34)31-20-6-4-3-5-7-20/h3-11,16-18H,12-15H2,1-2H3,(H,27,29,30)(H2,31,32,34). The smallest absolute Gasteiger partial charge is 0.323 e. The van der Waals surface area contributed by atoms with E-state index < -0.39 is 0 Å². The molecule has 3 N–H and O–H groups in total. The van der Waals surface area contributed by atoms with Crippen molar-refractivity contribution >= 4 is 34.1 Å². The minimum absolute atomic E-state index is 0.277. The molecule has 2 aromatic heterocycles. The number of pyridine rings is 1. The van der Waals surface area contributed by atoms with Crippen LogP contribution in [0.25, 0.3) is 10.9 Å². The number of ether oxygens (including phenoxy) is 1. The van der Waals surface area contributed by atoms with Crippen molar-refractivity contribution in [3.63, 3.8) is 0 Å². The molecule has 0 saturated carbocycles. The van der Waals surface area contributed by atoms with Crippen molar-refractivity contribution in [3.05, 3.63) is 78.8 Å². The summed E-state index contributed by atoms with van der Waals surface area (Å²) in [7, 11) is 4.00. The molecular formula is C26H29N7O2. The fourth-order valence-corrected chi connectivity index (χ4v) is 3.39. The van der Waals surface area contributed by atoms with Gasteiger partial charge >= 0.3 is 6.03 Å². The molecule has 180 valence electrons. The number of aromatic nitrogens is 3. The number of para-hydroxylation sites is 1. The van der Waals surface area contributed by atoms with E-state index in [1.54, 1.807) is 6.20 Å². The highest BCUT2D eigenvalue weighted by molar-refractivity contribution is 5.99. The second-order valence-electron chi connectivity index (χ2n) is 8.23. The number of hydrogen-bond donors (Lipinski definition) is 3. The molecule has 0 bridgehead atoms. The molecular weight excluding hydrogens is 442 g/mol. The maximum Gasteiger partial charge on any atom is 0.323 e. The van der Waals surface area contributed by atoms with Crippen LogP contribution in [-0.2, 0) is 6.42 Å². The summed E-state index contributed by atoms with van der Waals surface area (Å²) < 4.78 is 5.76. The van der Waals surface area contributed by atoms with Gasteiger partial charge in [0.25, 0.3) is 0 Å². The van der Waals surface area contributed by atoms with Gasteiger partial charge in [-0.2, -0.15) is 0 Å². The number of urea groups is 1. The molecule has 0 aliphatic carbocycles. The second-order valence-corrected chi connectivity index (χ2v) is 8.23. The summed E-state index contributed by atoms with van der Waals surface area (Å²) >= 11 is 0. The van der Waals surface area contributed by atoms with Crippen LogP contribution >= 0.6 is 0 Å². The summed E-state index contributed by atoms with van der Waals surface area (Å²) in [6.07, 6.45) is 4.02. The molecule has 2 heterocycles. The Labute approximate surface area is 204 Å². The molecule has 4 rings (SSSR count). The largest absolute Gasteiger partial charge is 0.476 e. The van der Waals surface area contributed by atoms with Crippen molar-refractivity contribution in [3.8, 4) is 5.88 Å². The summed E-state index contributed by atoms with van der Waals surface area (Å²) in [5, 5.41) is 9.90. The van der Waals surface area contributed by atoms with Crippen molar-refractivity contribution in [2.75, 3.05) is 49.7 Å². The van der Waals surface area contributed by atoms with E-state index in [-0.39, 0.29) is 6.03 Å². The third-order valence-electron chi connectivity index (χ3n) is 5.23. The van der Waals surface area contributed by atoms with Crippen molar-refractivity contribution in [2.45, 2.75) is 6.42 Å². The van der Waals surface area contributed by atoms with Crippen LogP contribution in [0.3, 0.4) is 0 Å². The lowest BCUT2D eigenvalue weighted by atomic mass is 10.1. The molecule has 9 nitrogen and oxygen atoms in total. The summed E-state index contributed by atoms with van der Waals surface area (Å²) in [5.41, 5.74) is 3.37.